The second-order valence-corrected chi connectivity index (χ2v) is 5.36. The van der Waals surface area contributed by atoms with Gasteiger partial charge in [0.1, 0.15) is 0 Å². The summed E-state index contributed by atoms with van der Waals surface area (Å²) in [5, 5.41) is 0. The van der Waals surface area contributed by atoms with Gasteiger partial charge < -0.3 is 9.47 Å². The Morgan fingerprint density at radius 2 is 2.26 bits per heavy atom. The van der Waals surface area contributed by atoms with E-state index in [-0.39, 0.29) is 23.4 Å². The number of carbonyl (C=O) groups excluding carboxylic acids is 1. The van der Waals surface area contributed by atoms with Crippen molar-refractivity contribution in [1.29, 1.82) is 0 Å². The summed E-state index contributed by atoms with van der Waals surface area (Å²) in [7, 11) is 4.92. The maximum Gasteiger partial charge on any atom is 0.246 e. The van der Waals surface area contributed by atoms with Gasteiger partial charge in [-0.25, -0.2) is 4.98 Å². The first-order valence-corrected chi connectivity index (χ1v) is 7.10. The quantitative estimate of drug-likeness (QED) is 0.754. The largest absolute Gasteiger partial charge is 0.480 e. The molecule has 1 aliphatic rings. The van der Waals surface area contributed by atoms with Crippen molar-refractivity contribution in [3.63, 3.8) is 0 Å². The van der Waals surface area contributed by atoms with E-state index >= 15 is 0 Å². The lowest BCUT2D eigenvalue weighted by atomic mass is 10.1. The van der Waals surface area contributed by atoms with Crippen LogP contribution in [0.4, 0.5) is 0 Å². The number of hydrogen-bond acceptors (Lipinski definition) is 7. The number of likely N-dealkylation sites (N-methyl/N-ethyl adjacent to an activating group) is 1. The van der Waals surface area contributed by atoms with Crippen molar-refractivity contribution in [3.05, 3.63) is 11.9 Å². The number of rotatable bonds is 4. The van der Waals surface area contributed by atoms with Crippen LogP contribution in [0.5, 0.6) is 11.8 Å². The summed E-state index contributed by atoms with van der Waals surface area (Å²) < 4.78 is 10.1. The van der Waals surface area contributed by atoms with Crippen molar-refractivity contribution in [2.75, 3.05) is 39.3 Å². The van der Waals surface area contributed by atoms with E-state index in [0.717, 1.165) is 18.1 Å². The van der Waals surface area contributed by atoms with Gasteiger partial charge in [0.25, 0.3) is 0 Å². The van der Waals surface area contributed by atoms with Gasteiger partial charge in [0, 0.05) is 18.1 Å². The van der Waals surface area contributed by atoms with Crippen LogP contribution in [0.15, 0.2) is 6.20 Å². The predicted molar refractivity (Wildman–Crippen MR) is 73.2 cm³/mol. The molecule has 1 saturated heterocycles. The summed E-state index contributed by atoms with van der Waals surface area (Å²) in [5.41, 5.74) is 0.266. The van der Waals surface area contributed by atoms with Crippen LogP contribution in [0.3, 0.4) is 0 Å². The first-order chi connectivity index (χ1) is 9.17. The van der Waals surface area contributed by atoms with E-state index in [1.807, 2.05) is 11.9 Å². The zero-order valence-electron chi connectivity index (χ0n) is 11.3. The first-order valence-electron chi connectivity index (χ1n) is 5.94. The Labute approximate surface area is 116 Å². The van der Waals surface area contributed by atoms with Crippen LogP contribution in [-0.4, -0.2) is 66.0 Å². The third-order valence-electron chi connectivity index (χ3n) is 3.05. The van der Waals surface area contributed by atoms with Crippen molar-refractivity contribution in [2.24, 2.45) is 0 Å². The molecule has 0 bridgehead atoms. The topological polar surface area (TPSA) is 64.5 Å². The van der Waals surface area contributed by atoms with E-state index in [2.05, 4.69) is 9.97 Å². The predicted octanol–water partition coefficient (Wildman–Crippen LogP) is 0.724. The van der Waals surface area contributed by atoms with Crippen LogP contribution >= 0.6 is 11.8 Å². The average Bonchev–Trinajstić information content (AvgIpc) is 2.46. The SMILES string of the molecule is COc1cnc(C(=O)C2CSCCN2C)c(OC)n1. The zero-order valence-corrected chi connectivity index (χ0v) is 12.1. The zero-order chi connectivity index (χ0) is 13.8. The standard InChI is InChI=1S/C12H17N3O3S/c1-15-4-5-19-7-8(15)11(16)10-12(18-3)14-9(17-2)6-13-10/h6,8H,4-5,7H2,1-3H3. The molecule has 0 aliphatic carbocycles. The molecule has 0 radical (unpaired) electrons. The van der Waals surface area contributed by atoms with E-state index in [9.17, 15) is 4.79 Å². The number of hydrogen-bond donors (Lipinski definition) is 0. The van der Waals surface area contributed by atoms with Gasteiger partial charge >= 0.3 is 0 Å². The lowest BCUT2D eigenvalue weighted by molar-refractivity contribution is 0.0864. The Morgan fingerprint density at radius 3 is 2.89 bits per heavy atom. The Bertz CT molecular complexity index is 470. The molecular weight excluding hydrogens is 266 g/mol. The number of carbonyl (C=O) groups is 1. The molecule has 19 heavy (non-hydrogen) atoms. The van der Waals surface area contributed by atoms with Crippen molar-refractivity contribution in [3.8, 4) is 11.8 Å². The van der Waals surface area contributed by atoms with Crippen molar-refractivity contribution < 1.29 is 14.3 Å². The molecule has 0 amide bonds. The van der Waals surface area contributed by atoms with Gasteiger partial charge in [-0.2, -0.15) is 16.7 Å². The van der Waals surface area contributed by atoms with Crippen LogP contribution < -0.4 is 9.47 Å². The molecule has 1 aromatic heterocycles. The molecule has 7 heteroatoms. The number of methoxy groups -OCH3 is 2. The number of ketones is 1. The summed E-state index contributed by atoms with van der Waals surface area (Å²) in [6.45, 7) is 0.896. The van der Waals surface area contributed by atoms with Gasteiger partial charge in [-0.15, -0.1) is 0 Å². The number of Topliss-reactive ketones (excluding diaryl/α,β-unsaturated/α-hetero) is 1. The van der Waals surface area contributed by atoms with E-state index < -0.39 is 0 Å². The third-order valence-corrected chi connectivity index (χ3v) is 4.08. The fraction of sp³-hybridized carbons (Fsp3) is 0.583. The molecule has 6 nitrogen and oxygen atoms in total. The van der Waals surface area contributed by atoms with Crippen LogP contribution in [0.25, 0.3) is 0 Å². The molecular formula is C12H17N3O3S. The molecule has 1 aliphatic heterocycles. The highest BCUT2D eigenvalue weighted by Crippen LogP contribution is 2.23. The summed E-state index contributed by atoms with van der Waals surface area (Å²) in [4.78, 5) is 22.8. The maximum atomic E-state index is 12.5. The highest BCUT2D eigenvalue weighted by atomic mass is 32.2. The van der Waals surface area contributed by atoms with Gasteiger partial charge in [0.05, 0.1) is 26.5 Å². The minimum absolute atomic E-state index is 0.0540. The molecule has 2 rings (SSSR count). The van der Waals surface area contributed by atoms with Crippen molar-refractivity contribution in [2.45, 2.75) is 6.04 Å². The molecule has 2 heterocycles. The normalized spacial score (nSPS) is 20.1. The lowest BCUT2D eigenvalue weighted by Crippen LogP contribution is -2.45. The number of ether oxygens (including phenoxy) is 2. The molecule has 1 fully saturated rings. The number of aromatic nitrogens is 2. The highest BCUT2D eigenvalue weighted by molar-refractivity contribution is 7.99. The molecule has 1 unspecified atom stereocenters. The molecule has 1 aromatic rings. The molecule has 0 spiro atoms. The van der Waals surface area contributed by atoms with E-state index in [1.54, 1.807) is 11.8 Å². The number of nitrogens with zero attached hydrogens (tertiary/aromatic N) is 3. The Kier molecular flexibility index (Phi) is 4.60. The van der Waals surface area contributed by atoms with Crippen LogP contribution in [0, 0.1) is 0 Å². The van der Waals surface area contributed by atoms with Crippen molar-refractivity contribution >= 4 is 17.5 Å². The third kappa shape index (κ3) is 2.98. The van der Waals surface area contributed by atoms with E-state index in [4.69, 9.17) is 9.47 Å². The Morgan fingerprint density at radius 1 is 1.47 bits per heavy atom. The molecule has 0 saturated carbocycles. The van der Waals surface area contributed by atoms with Gasteiger partial charge in [-0.1, -0.05) is 0 Å². The molecule has 0 N–H and O–H groups in total. The molecule has 1 atom stereocenters. The van der Waals surface area contributed by atoms with E-state index in [1.165, 1.54) is 20.4 Å². The van der Waals surface area contributed by atoms with Gasteiger partial charge in [0.2, 0.25) is 17.5 Å². The minimum Gasteiger partial charge on any atom is -0.480 e. The molecule has 104 valence electrons. The fourth-order valence-corrected chi connectivity index (χ4v) is 3.10. The average molecular weight is 283 g/mol. The van der Waals surface area contributed by atoms with Crippen LogP contribution in [-0.2, 0) is 0 Å². The van der Waals surface area contributed by atoms with Gasteiger partial charge in [-0.3, -0.25) is 9.69 Å². The lowest BCUT2D eigenvalue weighted by Gasteiger charge is -2.30. The van der Waals surface area contributed by atoms with Crippen molar-refractivity contribution in [1.82, 2.24) is 14.9 Å². The van der Waals surface area contributed by atoms with Gasteiger partial charge in [-0.05, 0) is 7.05 Å². The van der Waals surface area contributed by atoms with Crippen LogP contribution in [0.1, 0.15) is 10.5 Å². The molecule has 0 aromatic carbocycles. The summed E-state index contributed by atoms with van der Waals surface area (Å²) in [6.07, 6.45) is 1.44. The van der Waals surface area contributed by atoms with Crippen LogP contribution in [0.2, 0.25) is 0 Å². The highest BCUT2D eigenvalue weighted by Gasteiger charge is 2.30. The summed E-state index contributed by atoms with van der Waals surface area (Å²) in [6, 6.07) is -0.171. The Hall–Kier alpha value is -1.34. The first kappa shape index (κ1) is 14.1. The monoisotopic (exact) mass is 283 g/mol. The van der Waals surface area contributed by atoms with Gasteiger partial charge in [0.15, 0.2) is 5.69 Å². The number of thioether (sulfide) groups is 1. The fourth-order valence-electron chi connectivity index (χ4n) is 1.89. The smallest absolute Gasteiger partial charge is 0.246 e. The minimum atomic E-state index is -0.171. The maximum absolute atomic E-state index is 12.5. The second-order valence-electron chi connectivity index (χ2n) is 4.21. The van der Waals surface area contributed by atoms with E-state index in [0.29, 0.717) is 5.88 Å². The summed E-state index contributed by atoms with van der Waals surface area (Å²) >= 11 is 1.77. The second kappa shape index (κ2) is 6.21. The Balaban J connectivity index is 2.27. The summed E-state index contributed by atoms with van der Waals surface area (Å²) in [5.74, 6) is 2.31.